The van der Waals surface area contributed by atoms with Gasteiger partial charge in [0.05, 0.1) is 0 Å². The Hall–Kier alpha value is -0.883. The van der Waals surface area contributed by atoms with Crippen molar-refractivity contribution in [2.24, 2.45) is 0 Å². The topological polar surface area (TPSA) is 55.8 Å². The maximum absolute atomic E-state index is 12.6. The van der Waals surface area contributed by atoms with Gasteiger partial charge in [-0.3, -0.25) is 4.79 Å². The van der Waals surface area contributed by atoms with Gasteiger partial charge in [-0.25, -0.2) is 9.69 Å². The van der Waals surface area contributed by atoms with Gasteiger partial charge in [-0.2, -0.15) is 0 Å². The van der Waals surface area contributed by atoms with E-state index in [1.807, 2.05) is 0 Å². The maximum atomic E-state index is 12.6. The van der Waals surface area contributed by atoms with Gasteiger partial charge >= 0.3 is 6.09 Å². The van der Waals surface area contributed by atoms with Gasteiger partial charge in [-0.1, -0.05) is 20.8 Å². The highest BCUT2D eigenvalue weighted by molar-refractivity contribution is 6.74. The lowest BCUT2D eigenvalue weighted by atomic mass is 10.1. The standard InChI is InChI=1S/C16H31NO4Si/c1-15(2,3)20-14(19)17-11-9-10-12(13(17)18)21-22(7,8)16(4,5)6/h12H,9-11H2,1-8H3/t12-/m1/s1. The molecule has 0 aromatic heterocycles. The number of carbonyl (C=O) groups excluding carboxylic acids is 2. The van der Waals surface area contributed by atoms with Crippen molar-refractivity contribution >= 4 is 20.3 Å². The molecule has 5 nitrogen and oxygen atoms in total. The smallest absolute Gasteiger partial charge is 0.417 e. The molecule has 1 aliphatic rings. The van der Waals surface area contributed by atoms with Crippen molar-refractivity contribution in [3.05, 3.63) is 0 Å². The van der Waals surface area contributed by atoms with E-state index in [2.05, 4.69) is 33.9 Å². The highest BCUT2D eigenvalue weighted by Crippen LogP contribution is 2.38. The minimum atomic E-state index is -2.04. The van der Waals surface area contributed by atoms with E-state index in [1.54, 1.807) is 20.8 Å². The van der Waals surface area contributed by atoms with Gasteiger partial charge in [0.2, 0.25) is 0 Å². The summed E-state index contributed by atoms with van der Waals surface area (Å²) in [5.41, 5.74) is -0.607. The summed E-state index contributed by atoms with van der Waals surface area (Å²) in [6, 6.07) is 0. The Bertz CT molecular complexity index is 434. The number of imide groups is 1. The fraction of sp³-hybridized carbons (Fsp3) is 0.875. The van der Waals surface area contributed by atoms with Gasteiger partial charge in [0.25, 0.3) is 5.91 Å². The number of piperidine rings is 1. The summed E-state index contributed by atoms with van der Waals surface area (Å²) >= 11 is 0. The normalized spacial score (nSPS) is 21.0. The largest absolute Gasteiger partial charge is 0.443 e. The van der Waals surface area contributed by atoms with Crippen LogP contribution in [0.15, 0.2) is 0 Å². The molecule has 1 rings (SSSR count). The SMILES string of the molecule is CC(C)(C)OC(=O)N1CCC[C@@H](O[Si](C)(C)C(C)(C)C)C1=O. The summed E-state index contributed by atoms with van der Waals surface area (Å²) in [5.74, 6) is -0.259. The summed E-state index contributed by atoms with van der Waals surface area (Å²) in [6.45, 7) is 16.4. The lowest BCUT2D eigenvalue weighted by molar-refractivity contribution is -0.141. The maximum Gasteiger partial charge on any atom is 0.417 e. The predicted molar refractivity (Wildman–Crippen MR) is 89.3 cm³/mol. The highest BCUT2D eigenvalue weighted by Gasteiger charge is 2.43. The van der Waals surface area contributed by atoms with Gasteiger partial charge in [0.1, 0.15) is 11.7 Å². The van der Waals surface area contributed by atoms with Crippen LogP contribution in [0.25, 0.3) is 0 Å². The molecule has 0 spiro atoms. The molecule has 2 amide bonds. The summed E-state index contributed by atoms with van der Waals surface area (Å²) in [4.78, 5) is 26.0. The second kappa shape index (κ2) is 6.32. The predicted octanol–water partition coefficient (Wildman–Crippen LogP) is 3.93. The molecular formula is C16H31NO4Si. The van der Waals surface area contributed by atoms with Crippen LogP contribution in [0.4, 0.5) is 4.79 Å². The van der Waals surface area contributed by atoms with E-state index in [0.29, 0.717) is 13.0 Å². The molecule has 0 aromatic rings. The van der Waals surface area contributed by atoms with Gasteiger partial charge < -0.3 is 9.16 Å². The third-order valence-corrected chi connectivity index (χ3v) is 8.73. The van der Waals surface area contributed by atoms with Crippen LogP contribution >= 0.6 is 0 Å². The molecule has 0 radical (unpaired) electrons. The Balaban J connectivity index is 2.81. The molecule has 0 aliphatic carbocycles. The first-order valence-electron chi connectivity index (χ1n) is 7.97. The molecule has 128 valence electrons. The van der Waals surface area contributed by atoms with Gasteiger partial charge in [0, 0.05) is 6.54 Å². The van der Waals surface area contributed by atoms with Crippen molar-refractivity contribution in [2.45, 2.75) is 84.2 Å². The molecule has 1 atom stereocenters. The highest BCUT2D eigenvalue weighted by atomic mass is 28.4. The number of likely N-dealkylation sites (tertiary alicyclic amines) is 1. The zero-order chi connectivity index (χ0) is 17.3. The summed E-state index contributed by atoms with van der Waals surface area (Å²) in [5, 5.41) is 0.0292. The van der Waals surface area contributed by atoms with Crippen LogP contribution in [0.3, 0.4) is 0 Å². The second-order valence-corrected chi connectivity index (χ2v) is 13.2. The molecule has 0 N–H and O–H groups in total. The molecule has 0 bridgehead atoms. The van der Waals surface area contributed by atoms with Crippen LogP contribution in [0.5, 0.6) is 0 Å². The molecule has 1 aliphatic heterocycles. The molecule has 0 saturated carbocycles. The first-order chi connectivity index (χ1) is 9.74. The fourth-order valence-corrected chi connectivity index (χ4v) is 3.27. The van der Waals surface area contributed by atoms with E-state index >= 15 is 0 Å². The van der Waals surface area contributed by atoms with E-state index < -0.39 is 26.1 Å². The summed E-state index contributed by atoms with van der Waals surface area (Å²) in [7, 11) is -2.04. The Labute approximate surface area is 135 Å². The third kappa shape index (κ3) is 4.81. The first kappa shape index (κ1) is 19.2. The molecular weight excluding hydrogens is 298 g/mol. The average molecular weight is 330 g/mol. The molecule has 1 fully saturated rings. The quantitative estimate of drug-likeness (QED) is 0.720. The van der Waals surface area contributed by atoms with Crippen LogP contribution in [0.2, 0.25) is 18.1 Å². The molecule has 0 unspecified atom stereocenters. The number of hydrogen-bond donors (Lipinski definition) is 0. The van der Waals surface area contributed by atoms with E-state index in [-0.39, 0.29) is 10.9 Å². The van der Waals surface area contributed by atoms with Crippen molar-refractivity contribution in [2.75, 3.05) is 6.54 Å². The summed E-state index contributed by atoms with van der Waals surface area (Å²) in [6.07, 6.45) is 0.331. The lowest BCUT2D eigenvalue weighted by Crippen LogP contribution is -2.54. The number of rotatable bonds is 2. The number of carbonyl (C=O) groups is 2. The Kier molecular flexibility index (Phi) is 5.50. The second-order valence-electron chi connectivity index (χ2n) is 8.48. The number of amides is 2. The van der Waals surface area contributed by atoms with Crippen LogP contribution in [0.1, 0.15) is 54.4 Å². The van der Waals surface area contributed by atoms with E-state index in [4.69, 9.17) is 9.16 Å². The molecule has 1 heterocycles. The number of ether oxygens (including phenoxy) is 1. The average Bonchev–Trinajstić information content (AvgIpc) is 2.27. The number of nitrogens with zero attached hydrogens (tertiary/aromatic N) is 1. The Morgan fingerprint density at radius 2 is 1.73 bits per heavy atom. The Morgan fingerprint density at radius 3 is 2.18 bits per heavy atom. The Morgan fingerprint density at radius 1 is 1.18 bits per heavy atom. The monoisotopic (exact) mass is 329 g/mol. The van der Waals surface area contributed by atoms with Crippen molar-refractivity contribution in [3.8, 4) is 0 Å². The van der Waals surface area contributed by atoms with Crippen molar-refractivity contribution in [1.29, 1.82) is 0 Å². The van der Waals surface area contributed by atoms with Crippen molar-refractivity contribution < 1.29 is 18.8 Å². The fourth-order valence-electron chi connectivity index (χ4n) is 1.98. The van der Waals surface area contributed by atoms with E-state index in [1.165, 1.54) is 4.90 Å². The van der Waals surface area contributed by atoms with Crippen molar-refractivity contribution in [1.82, 2.24) is 4.90 Å². The van der Waals surface area contributed by atoms with Gasteiger partial charge in [0.15, 0.2) is 8.32 Å². The zero-order valence-electron chi connectivity index (χ0n) is 15.3. The molecule has 6 heteroatoms. The van der Waals surface area contributed by atoms with Gasteiger partial charge in [-0.15, -0.1) is 0 Å². The van der Waals surface area contributed by atoms with Crippen LogP contribution in [-0.4, -0.2) is 43.5 Å². The van der Waals surface area contributed by atoms with Crippen LogP contribution in [-0.2, 0) is 14.0 Å². The van der Waals surface area contributed by atoms with Crippen molar-refractivity contribution in [3.63, 3.8) is 0 Å². The molecule has 22 heavy (non-hydrogen) atoms. The van der Waals surface area contributed by atoms with Crippen LogP contribution in [0, 0.1) is 0 Å². The minimum Gasteiger partial charge on any atom is -0.443 e. The zero-order valence-corrected chi connectivity index (χ0v) is 16.3. The third-order valence-electron chi connectivity index (χ3n) is 4.25. The molecule has 0 aromatic carbocycles. The lowest BCUT2D eigenvalue weighted by Gasteiger charge is -2.41. The summed E-state index contributed by atoms with van der Waals surface area (Å²) < 4.78 is 11.5. The van der Waals surface area contributed by atoms with Crippen LogP contribution < -0.4 is 0 Å². The van der Waals surface area contributed by atoms with Gasteiger partial charge in [-0.05, 0) is 51.7 Å². The van der Waals surface area contributed by atoms with E-state index in [9.17, 15) is 9.59 Å². The first-order valence-corrected chi connectivity index (χ1v) is 10.9. The van der Waals surface area contributed by atoms with E-state index in [0.717, 1.165) is 6.42 Å². The minimum absolute atomic E-state index is 0.0292. The molecule has 1 saturated heterocycles. The number of hydrogen-bond acceptors (Lipinski definition) is 4.